The monoisotopic (exact) mass is 1270 g/mol. The van der Waals surface area contributed by atoms with Gasteiger partial charge in [-0.3, -0.25) is 62.6 Å². The highest BCUT2D eigenvalue weighted by Crippen LogP contribution is 2.61. The topological polar surface area (TPSA) is 396 Å². The van der Waals surface area contributed by atoms with Crippen LogP contribution in [0.5, 0.6) is 0 Å². The molecule has 0 saturated carbocycles. The number of carbonyl (C=O) groups is 7. The number of aliphatic imine (C=N–C) groups is 4. The standard InChI is InChI=1S/C63H94N13O13P/c1-33-21-44-45(22-34(33)2)76(29-71-44)58-38(6)54(46(27-77)87-58)89-90(85,86)88-35(3)25-70-51(84)17-19-60(9)42(26-68-31-79)57-63(12)62(11,28-69-32-80)41(18-20-67-30-78)53(75-63)37(5)56-61(10,24-50(66)83)39(13-15-48(64)81)43(72-56)23-47-59(7,8)40(14-16-49(65)82)52(73-47)36(4)55(60)74-57/h21-23,29-32,35,38-42,44-46,54,57-58,72,77H,13-20,24-28H2,1-12H3,(H2,64,81)(H2,65,82)(H2,66,83)(H,67,78)(H,68,79)(H,69,80)(H,70,84)(H,85,86)/b43-23?,52-36?,56-37-/t35-,38-,39-,40-,41-,42+,44?,45?,46-,54+,57-,58+,60-,61+,62+,63+/m1/s1. The fraction of sp³-hybridized carbons (Fsp3) is 0.667. The van der Waals surface area contributed by atoms with Crippen LogP contribution in [0.4, 0.5) is 0 Å². The number of phosphoric ester groups is 1. The number of allylic oxidation sites excluding steroid dienone is 8. The molecular weight excluding hydrogens is 1180 g/mol. The number of rotatable bonds is 29. The van der Waals surface area contributed by atoms with Crippen molar-refractivity contribution >= 4 is 74.2 Å². The van der Waals surface area contributed by atoms with Crippen LogP contribution in [0, 0.1) is 51.2 Å². The molecule has 0 radical (unpaired) electrons. The predicted octanol–water partition coefficient (Wildman–Crippen LogP) is 3.20. The fourth-order valence-corrected chi connectivity index (χ4v) is 17.2. The summed E-state index contributed by atoms with van der Waals surface area (Å²) in [5.74, 6) is -4.79. The molecule has 17 atom stereocenters. The van der Waals surface area contributed by atoms with Crippen LogP contribution in [0.3, 0.4) is 0 Å². The molecule has 2 saturated heterocycles. The Balaban J connectivity index is 1.18. The maximum atomic E-state index is 14.4. The smallest absolute Gasteiger partial charge is 0.394 e. The third-order valence-electron chi connectivity index (χ3n) is 21.3. The molecule has 27 heteroatoms. The largest absolute Gasteiger partial charge is 0.472 e. The van der Waals surface area contributed by atoms with Crippen molar-refractivity contribution in [2.45, 2.75) is 183 Å². The summed E-state index contributed by atoms with van der Waals surface area (Å²) in [6, 6.07) is -1.11. The minimum Gasteiger partial charge on any atom is -0.394 e. The van der Waals surface area contributed by atoms with E-state index in [-0.39, 0.29) is 83.2 Å². The number of nitrogens with one attached hydrogen (secondary N) is 5. The van der Waals surface area contributed by atoms with Crippen molar-refractivity contribution in [3.05, 3.63) is 57.6 Å². The first kappa shape index (κ1) is 69.2. The lowest BCUT2D eigenvalue weighted by atomic mass is 9.57. The lowest BCUT2D eigenvalue weighted by Crippen LogP contribution is -2.59. The van der Waals surface area contributed by atoms with Crippen molar-refractivity contribution in [3.8, 4) is 0 Å². The van der Waals surface area contributed by atoms with E-state index >= 15 is 0 Å². The van der Waals surface area contributed by atoms with E-state index in [0.29, 0.717) is 71.0 Å². The van der Waals surface area contributed by atoms with Crippen LogP contribution in [-0.2, 0) is 51.9 Å². The van der Waals surface area contributed by atoms with E-state index < -0.39 is 125 Å². The summed E-state index contributed by atoms with van der Waals surface area (Å²) in [5.41, 5.74) is 19.8. The second-order valence-electron chi connectivity index (χ2n) is 27.3. The van der Waals surface area contributed by atoms with E-state index in [0.717, 1.165) is 11.1 Å². The predicted molar refractivity (Wildman–Crippen MR) is 338 cm³/mol. The molecule has 7 amide bonds. The number of ether oxygens (including phenoxy) is 1. The molecule has 2 fully saturated rings. The number of nitrogens with zero attached hydrogens (tertiary/aromatic N) is 5. The molecule has 7 heterocycles. The lowest BCUT2D eigenvalue weighted by molar-refractivity contribution is -0.122. The molecule has 13 N–H and O–H groups in total. The van der Waals surface area contributed by atoms with E-state index in [1.165, 1.54) is 6.92 Å². The molecule has 0 aromatic heterocycles. The summed E-state index contributed by atoms with van der Waals surface area (Å²) in [6.07, 6.45) is 6.56. The third kappa shape index (κ3) is 13.1. The normalized spacial score (nSPS) is 35.7. The second-order valence-corrected chi connectivity index (χ2v) is 28.7. The zero-order valence-corrected chi connectivity index (χ0v) is 54.9. The Morgan fingerprint density at radius 1 is 0.867 bits per heavy atom. The summed E-state index contributed by atoms with van der Waals surface area (Å²) in [5, 5.41) is 25.8. The van der Waals surface area contributed by atoms with Gasteiger partial charge in [0.25, 0.3) is 0 Å². The Kier molecular flexibility index (Phi) is 20.7. The molecule has 90 heavy (non-hydrogen) atoms. The number of nitrogens with two attached hydrogens (primary N) is 3. The number of phosphoric acid groups is 1. The minimum absolute atomic E-state index is 0.00555. The van der Waals surface area contributed by atoms with E-state index in [1.807, 2.05) is 80.2 Å². The second kappa shape index (κ2) is 26.9. The average molecular weight is 1270 g/mol. The van der Waals surface area contributed by atoms with Crippen LogP contribution in [0.25, 0.3) is 0 Å². The molecule has 494 valence electrons. The van der Waals surface area contributed by atoms with Gasteiger partial charge >= 0.3 is 7.82 Å². The summed E-state index contributed by atoms with van der Waals surface area (Å²) < 4.78 is 31.6. The first-order valence-corrected chi connectivity index (χ1v) is 32.7. The SMILES string of the molecule is CC1=CC2N=CN([C@H]3O[C@H](CO)[C@@H](OP(=O)(O)O[C@H](C)CNC(=O)CC[C@@]4(C)C5=N[C@H]([C@@H]4CNC=O)[C@]4(C)N=C(/C(C)=C6\NC(=CC7=NC(=C5C)[C@@H](CCC(N)=O)C7(C)C)[C@@H](CCC(N)=O)[C@]6(C)CC(N)=O)[C@@H](CCNC=O)[C@]4(C)CNC=O)[C@H]3C)C2C=C1C. The van der Waals surface area contributed by atoms with Crippen molar-refractivity contribution in [1.82, 2.24) is 31.5 Å². The number of primary amides is 3. The molecule has 7 aliphatic heterocycles. The van der Waals surface area contributed by atoms with E-state index in [2.05, 4.69) is 43.7 Å². The molecule has 8 aliphatic rings. The van der Waals surface area contributed by atoms with Crippen LogP contribution in [0.2, 0.25) is 0 Å². The van der Waals surface area contributed by atoms with Gasteiger partial charge in [0.05, 0.1) is 42.7 Å². The number of carbonyl (C=O) groups excluding carboxylic acids is 7. The van der Waals surface area contributed by atoms with Crippen molar-refractivity contribution in [3.63, 3.8) is 0 Å². The van der Waals surface area contributed by atoms with E-state index in [4.69, 9.17) is 46.0 Å². The Morgan fingerprint density at radius 2 is 1.52 bits per heavy atom. The summed E-state index contributed by atoms with van der Waals surface area (Å²) >= 11 is 0. The van der Waals surface area contributed by atoms with E-state index in [1.54, 1.807) is 13.3 Å². The van der Waals surface area contributed by atoms with Gasteiger partial charge in [-0.05, 0) is 84.4 Å². The van der Waals surface area contributed by atoms with Crippen molar-refractivity contribution < 1.29 is 61.9 Å². The van der Waals surface area contributed by atoms with Gasteiger partial charge in [0.1, 0.15) is 18.4 Å². The first-order chi connectivity index (χ1) is 42.3. The number of aliphatic hydroxyl groups excluding tert-OH is 1. The fourth-order valence-electron chi connectivity index (χ4n) is 15.9. The molecule has 1 aliphatic carbocycles. The number of hydrogen-bond donors (Lipinski definition) is 10. The Morgan fingerprint density at radius 3 is 2.16 bits per heavy atom. The van der Waals surface area contributed by atoms with Gasteiger partial charge in [-0.1, -0.05) is 64.8 Å². The maximum absolute atomic E-state index is 14.4. The molecule has 0 aromatic carbocycles. The van der Waals surface area contributed by atoms with Gasteiger partial charge in [0.2, 0.25) is 42.9 Å². The number of fused-ring (bicyclic) bond motifs is 7. The van der Waals surface area contributed by atoms with Gasteiger partial charge in [-0.2, -0.15) is 0 Å². The summed E-state index contributed by atoms with van der Waals surface area (Å²) in [6.45, 7) is 22.7. The Hall–Kier alpha value is -6.70. The van der Waals surface area contributed by atoms with Gasteiger partial charge in [0.15, 0.2) is 0 Å². The first-order valence-electron chi connectivity index (χ1n) is 31.2. The van der Waals surface area contributed by atoms with Gasteiger partial charge < -0.3 is 63.4 Å². The molecule has 8 rings (SSSR count). The molecule has 26 nitrogen and oxygen atoms in total. The van der Waals surface area contributed by atoms with E-state index in [9.17, 15) is 48.1 Å². The number of hydrogen-bond acceptors (Lipinski definition) is 18. The highest BCUT2D eigenvalue weighted by molar-refractivity contribution is 7.47. The highest BCUT2D eigenvalue weighted by atomic mass is 31.2. The third-order valence-corrected chi connectivity index (χ3v) is 22.4. The van der Waals surface area contributed by atoms with Gasteiger partial charge in [-0.15, -0.1) is 0 Å². The maximum Gasteiger partial charge on any atom is 0.472 e. The zero-order valence-electron chi connectivity index (χ0n) is 54.0. The van der Waals surface area contributed by atoms with Crippen molar-refractivity contribution in [2.24, 2.45) is 88.4 Å². The van der Waals surface area contributed by atoms with Crippen LogP contribution in [0.1, 0.15) is 134 Å². The van der Waals surface area contributed by atoms with Crippen molar-refractivity contribution in [1.29, 1.82) is 0 Å². The molecule has 8 bridgehead atoms. The van der Waals surface area contributed by atoms with Gasteiger partial charge in [0, 0.05) is 137 Å². The van der Waals surface area contributed by atoms with Crippen LogP contribution >= 0.6 is 7.82 Å². The van der Waals surface area contributed by atoms with Crippen molar-refractivity contribution in [2.75, 3.05) is 32.8 Å². The Bertz CT molecular complexity index is 3230. The highest BCUT2D eigenvalue weighted by Gasteiger charge is 2.66. The number of amides is 7. The van der Waals surface area contributed by atoms with Crippen LogP contribution < -0.4 is 43.8 Å². The van der Waals surface area contributed by atoms with Crippen LogP contribution in [0.15, 0.2) is 77.6 Å². The van der Waals surface area contributed by atoms with Crippen LogP contribution in [-0.4, -0.2) is 162 Å². The average Bonchev–Trinajstić information content (AvgIpc) is 1.53. The number of aliphatic hydroxyl groups is 1. The zero-order chi connectivity index (χ0) is 66.2. The lowest BCUT2D eigenvalue weighted by Gasteiger charge is -2.48. The molecule has 0 aromatic rings. The van der Waals surface area contributed by atoms with Gasteiger partial charge in [-0.25, -0.2) is 4.57 Å². The molecular formula is C63H94N13O13P. The molecule has 3 unspecified atom stereocenters. The summed E-state index contributed by atoms with van der Waals surface area (Å²) in [7, 11) is -4.87. The minimum atomic E-state index is -4.87. The Labute approximate surface area is 527 Å². The molecule has 0 spiro atoms. The summed E-state index contributed by atoms with van der Waals surface area (Å²) in [4.78, 5) is 125. The quantitative estimate of drug-likeness (QED) is 0.0292.